The Bertz CT molecular complexity index is 954. The summed E-state index contributed by atoms with van der Waals surface area (Å²) in [6, 6.07) is 17.2. The highest BCUT2D eigenvalue weighted by Crippen LogP contribution is 2.28. The molecule has 0 saturated carbocycles. The normalized spacial score (nSPS) is 10.3. The van der Waals surface area contributed by atoms with Gasteiger partial charge in [-0.05, 0) is 54.8 Å². The molecule has 2 N–H and O–H groups in total. The van der Waals surface area contributed by atoms with Crippen LogP contribution < -0.4 is 15.4 Å². The maximum Gasteiger partial charge on any atom is 0.274 e. The second kappa shape index (κ2) is 8.36. The summed E-state index contributed by atoms with van der Waals surface area (Å²) in [6.07, 6.45) is 2.46. The molecule has 3 aromatic rings. The summed E-state index contributed by atoms with van der Waals surface area (Å²) in [5.41, 5.74) is 4.96. The number of pyridine rings is 1. The van der Waals surface area contributed by atoms with Crippen LogP contribution in [-0.2, 0) is 6.42 Å². The summed E-state index contributed by atoms with van der Waals surface area (Å²) in [7, 11) is 1.63. The van der Waals surface area contributed by atoms with Gasteiger partial charge in [-0.15, -0.1) is 0 Å². The van der Waals surface area contributed by atoms with Crippen molar-refractivity contribution in [3.8, 4) is 5.75 Å². The molecule has 0 bridgehead atoms. The van der Waals surface area contributed by atoms with Gasteiger partial charge in [0.15, 0.2) is 0 Å². The molecular weight excluding hydrogens is 338 g/mol. The van der Waals surface area contributed by atoms with Crippen molar-refractivity contribution in [3.63, 3.8) is 0 Å². The number of methoxy groups -OCH3 is 1. The number of aryl methyl sites for hydroxylation is 2. The van der Waals surface area contributed by atoms with Crippen LogP contribution in [0.1, 0.15) is 28.5 Å². The first-order valence-electron chi connectivity index (χ1n) is 8.87. The van der Waals surface area contributed by atoms with Crippen molar-refractivity contribution in [3.05, 3.63) is 77.6 Å². The number of anilines is 3. The van der Waals surface area contributed by atoms with Gasteiger partial charge in [-0.3, -0.25) is 9.78 Å². The quantitative estimate of drug-likeness (QED) is 0.651. The molecule has 138 valence electrons. The first kappa shape index (κ1) is 18.5. The molecule has 1 amide bonds. The second-order valence-electron chi connectivity index (χ2n) is 6.22. The highest BCUT2D eigenvalue weighted by Gasteiger charge is 2.11. The van der Waals surface area contributed by atoms with Gasteiger partial charge in [-0.2, -0.15) is 0 Å². The predicted molar refractivity (Wildman–Crippen MR) is 109 cm³/mol. The van der Waals surface area contributed by atoms with Crippen LogP contribution in [0.2, 0.25) is 0 Å². The van der Waals surface area contributed by atoms with Crippen LogP contribution in [0.4, 0.5) is 17.1 Å². The fourth-order valence-electron chi connectivity index (χ4n) is 2.84. The number of benzene rings is 2. The maximum atomic E-state index is 12.6. The number of hydrogen-bond acceptors (Lipinski definition) is 4. The number of nitrogens with zero attached hydrogens (tertiary/aromatic N) is 1. The lowest BCUT2D eigenvalue weighted by atomic mass is 10.1. The molecule has 0 aliphatic heterocycles. The van der Waals surface area contributed by atoms with Crippen molar-refractivity contribution < 1.29 is 9.53 Å². The lowest BCUT2D eigenvalue weighted by molar-refractivity contribution is 0.102. The molecule has 5 heteroatoms. The lowest BCUT2D eigenvalue weighted by Crippen LogP contribution is -2.15. The third kappa shape index (κ3) is 4.44. The van der Waals surface area contributed by atoms with Crippen molar-refractivity contribution in [2.45, 2.75) is 20.3 Å². The largest absolute Gasteiger partial charge is 0.495 e. The van der Waals surface area contributed by atoms with E-state index in [1.807, 2.05) is 55.5 Å². The Morgan fingerprint density at radius 2 is 1.89 bits per heavy atom. The standard InChI is InChI=1S/C22H23N3O2/c1-4-16-7-5-6-8-18(16)25-22(26)20-14-17(11-12-23-20)24-19-13-15(2)9-10-21(19)27-3/h5-14H,4H2,1-3H3,(H,23,24)(H,25,26). The Morgan fingerprint density at radius 3 is 2.67 bits per heavy atom. The second-order valence-corrected chi connectivity index (χ2v) is 6.22. The van der Waals surface area contributed by atoms with Crippen LogP contribution >= 0.6 is 0 Å². The molecule has 0 unspecified atom stereocenters. The van der Waals surface area contributed by atoms with Gasteiger partial charge < -0.3 is 15.4 Å². The molecule has 27 heavy (non-hydrogen) atoms. The van der Waals surface area contributed by atoms with E-state index in [0.29, 0.717) is 5.69 Å². The number of amides is 1. The number of nitrogens with one attached hydrogen (secondary N) is 2. The predicted octanol–water partition coefficient (Wildman–Crippen LogP) is 4.96. The highest BCUT2D eigenvalue weighted by atomic mass is 16.5. The fraction of sp³-hybridized carbons (Fsp3) is 0.182. The van der Waals surface area contributed by atoms with E-state index in [9.17, 15) is 4.79 Å². The number of carbonyl (C=O) groups is 1. The monoisotopic (exact) mass is 361 g/mol. The van der Waals surface area contributed by atoms with E-state index in [1.165, 1.54) is 0 Å². The molecular formula is C22H23N3O2. The zero-order valence-electron chi connectivity index (χ0n) is 15.7. The van der Waals surface area contributed by atoms with E-state index in [1.54, 1.807) is 19.4 Å². The first-order valence-corrected chi connectivity index (χ1v) is 8.87. The van der Waals surface area contributed by atoms with Crippen LogP contribution in [0.15, 0.2) is 60.8 Å². The lowest BCUT2D eigenvalue weighted by Gasteiger charge is -2.13. The number of para-hydroxylation sites is 1. The molecule has 0 aliphatic carbocycles. The van der Waals surface area contributed by atoms with Crippen LogP contribution in [-0.4, -0.2) is 18.0 Å². The first-order chi connectivity index (χ1) is 13.1. The summed E-state index contributed by atoms with van der Waals surface area (Å²) < 4.78 is 5.40. The molecule has 0 aliphatic rings. The zero-order chi connectivity index (χ0) is 19.2. The van der Waals surface area contributed by atoms with Crippen molar-refractivity contribution in [2.24, 2.45) is 0 Å². The Morgan fingerprint density at radius 1 is 1.07 bits per heavy atom. The number of ether oxygens (including phenoxy) is 1. The van der Waals surface area contributed by atoms with Crippen molar-refractivity contribution >= 4 is 23.0 Å². The van der Waals surface area contributed by atoms with Crippen LogP contribution in [0.5, 0.6) is 5.75 Å². The van der Waals surface area contributed by atoms with Crippen molar-refractivity contribution in [2.75, 3.05) is 17.7 Å². The molecule has 0 fully saturated rings. The molecule has 0 atom stereocenters. The summed E-state index contributed by atoms with van der Waals surface area (Å²) in [5.74, 6) is 0.496. The summed E-state index contributed by atoms with van der Waals surface area (Å²) >= 11 is 0. The average molecular weight is 361 g/mol. The Labute approximate surface area is 159 Å². The summed E-state index contributed by atoms with van der Waals surface area (Å²) in [6.45, 7) is 4.07. The molecule has 0 radical (unpaired) electrons. The smallest absolute Gasteiger partial charge is 0.274 e. The summed E-state index contributed by atoms with van der Waals surface area (Å²) in [4.78, 5) is 16.8. The van der Waals surface area contributed by atoms with Gasteiger partial charge in [0.05, 0.1) is 12.8 Å². The average Bonchev–Trinajstić information content (AvgIpc) is 2.69. The van der Waals surface area contributed by atoms with Gasteiger partial charge in [0.25, 0.3) is 5.91 Å². The number of hydrogen-bond donors (Lipinski definition) is 2. The highest BCUT2D eigenvalue weighted by molar-refractivity contribution is 6.03. The van der Waals surface area contributed by atoms with Crippen LogP contribution in [0, 0.1) is 6.92 Å². The Kier molecular flexibility index (Phi) is 5.71. The minimum Gasteiger partial charge on any atom is -0.495 e. The van der Waals surface area contributed by atoms with Crippen molar-refractivity contribution in [1.29, 1.82) is 0 Å². The third-order valence-electron chi connectivity index (χ3n) is 4.27. The van der Waals surface area contributed by atoms with E-state index in [-0.39, 0.29) is 5.91 Å². The van der Waals surface area contributed by atoms with Gasteiger partial charge in [-0.25, -0.2) is 0 Å². The zero-order valence-corrected chi connectivity index (χ0v) is 15.7. The van der Waals surface area contributed by atoms with Gasteiger partial charge >= 0.3 is 0 Å². The minimum absolute atomic E-state index is 0.240. The van der Waals surface area contributed by atoms with E-state index in [2.05, 4.69) is 22.5 Å². The number of aromatic nitrogens is 1. The molecule has 1 heterocycles. The van der Waals surface area contributed by atoms with Crippen molar-refractivity contribution in [1.82, 2.24) is 4.98 Å². The molecule has 1 aromatic heterocycles. The van der Waals surface area contributed by atoms with E-state index >= 15 is 0 Å². The molecule has 5 nitrogen and oxygen atoms in total. The van der Waals surface area contributed by atoms with E-state index in [4.69, 9.17) is 4.74 Å². The minimum atomic E-state index is -0.240. The molecule has 0 spiro atoms. The topological polar surface area (TPSA) is 63.2 Å². The molecule has 3 rings (SSSR count). The van der Waals surface area contributed by atoms with E-state index < -0.39 is 0 Å². The fourth-order valence-corrected chi connectivity index (χ4v) is 2.84. The Hall–Kier alpha value is -3.34. The molecule has 0 saturated heterocycles. The SMILES string of the molecule is CCc1ccccc1NC(=O)c1cc(Nc2cc(C)ccc2OC)ccn1. The third-order valence-corrected chi connectivity index (χ3v) is 4.27. The summed E-state index contributed by atoms with van der Waals surface area (Å²) in [5, 5.41) is 6.25. The van der Waals surface area contributed by atoms with Crippen LogP contribution in [0.25, 0.3) is 0 Å². The van der Waals surface area contributed by atoms with Gasteiger partial charge in [-0.1, -0.05) is 31.2 Å². The number of carbonyl (C=O) groups excluding carboxylic acids is 1. The Balaban J connectivity index is 1.81. The maximum absolute atomic E-state index is 12.6. The van der Waals surface area contributed by atoms with Crippen LogP contribution in [0.3, 0.4) is 0 Å². The van der Waals surface area contributed by atoms with Gasteiger partial charge in [0.1, 0.15) is 11.4 Å². The number of rotatable bonds is 6. The van der Waals surface area contributed by atoms with E-state index in [0.717, 1.165) is 40.4 Å². The molecule has 2 aromatic carbocycles. The van der Waals surface area contributed by atoms with Gasteiger partial charge in [0, 0.05) is 17.6 Å². The van der Waals surface area contributed by atoms with Gasteiger partial charge in [0.2, 0.25) is 0 Å².